The molecule has 1 aliphatic rings. The molecule has 18 heavy (non-hydrogen) atoms. The van der Waals surface area contributed by atoms with Crippen molar-refractivity contribution in [2.45, 2.75) is 20.0 Å². The van der Waals surface area contributed by atoms with Crippen LogP contribution in [0, 0.1) is 5.92 Å². The molecule has 0 saturated carbocycles. The summed E-state index contributed by atoms with van der Waals surface area (Å²) in [4.78, 5) is 4.23. The Kier molecular flexibility index (Phi) is 4.04. The van der Waals surface area contributed by atoms with Crippen LogP contribution in [-0.2, 0) is 27.8 Å². The van der Waals surface area contributed by atoms with Crippen molar-refractivity contribution in [2.75, 3.05) is 26.0 Å². The highest BCUT2D eigenvalue weighted by Crippen LogP contribution is 2.18. The van der Waals surface area contributed by atoms with Crippen molar-refractivity contribution in [3.05, 3.63) is 18.2 Å². The van der Waals surface area contributed by atoms with E-state index in [1.54, 1.807) is 20.2 Å². The van der Waals surface area contributed by atoms with E-state index >= 15 is 0 Å². The number of methoxy groups -OCH3 is 1. The van der Waals surface area contributed by atoms with Gasteiger partial charge >= 0.3 is 0 Å². The van der Waals surface area contributed by atoms with E-state index in [4.69, 9.17) is 4.74 Å². The van der Waals surface area contributed by atoms with Crippen molar-refractivity contribution in [3.8, 4) is 0 Å². The molecular weight excluding hydrogens is 254 g/mol. The standard InChI is InChI=1S/C11H19N3O3S/c1-3-18(15,16)14-7-10(9-17-2)6-13-5-4-12-11(13)8-14/h4-5,10H,3,6-9H2,1-2H3/t10-/m0/s1. The summed E-state index contributed by atoms with van der Waals surface area (Å²) in [6.45, 7) is 3.81. The lowest BCUT2D eigenvalue weighted by molar-refractivity contribution is 0.135. The minimum Gasteiger partial charge on any atom is -0.384 e. The Morgan fingerprint density at radius 2 is 2.28 bits per heavy atom. The minimum atomic E-state index is -3.19. The van der Waals surface area contributed by atoms with Crippen molar-refractivity contribution in [2.24, 2.45) is 5.92 Å². The van der Waals surface area contributed by atoms with Crippen molar-refractivity contribution in [1.29, 1.82) is 0 Å². The van der Waals surface area contributed by atoms with Crippen LogP contribution < -0.4 is 0 Å². The SMILES string of the molecule is CCS(=O)(=O)N1Cc2nccn2C[C@H](COC)C1. The van der Waals surface area contributed by atoms with Gasteiger partial charge in [-0.3, -0.25) is 0 Å². The first-order valence-corrected chi connectivity index (χ1v) is 7.64. The van der Waals surface area contributed by atoms with Crippen molar-refractivity contribution >= 4 is 10.0 Å². The molecule has 6 nitrogen and oxygen atoms in total. The van der Waals surface area contributed by atoms with E-state index in [0.717, 1.165) is 12.4 Å². The van der Waals surface area contributed by atoms with Crippen LogP contribution in [0.5, 0.6) is 0 Å². The maximum Gasteiger partial charge on any atom is 0.214 e. The highest BCUT2D eigenvalue weighted by atomic mass is 32.2. The highest BCUT2D eigenvalue weighted by Gasteiger charge is 2.29. The van der Waals surface area contributed by atoms with Gasteiger partial charge in [0.25, 0.3) is 0 Å². The van der Waals surface area contributed by atoms with Crippen LogP contribution in [-0.4, -0.2) is 48.3 Å². The van der Waals surface area contributed by atoms with Gasteiger partial charge in [-0.2, -0.15) is 4.31 Å². The predicted molar refractivity (Wildman–Crippen MR) is 67.5 cm³/mol. The first kappa shape index (κ1) is 13.5. The van der Waals surface area contributed by atoms with E-state index in [1.807, 2.05) is 10.8 Å². The number of hydrogen-bond acceptors (Lipinski definition) is 4. The van der Waals surface area contributed by atoms with Crippen LogP contribution in [0.4, 0.5) is 0 Å². The second kappa shape index (κ2) is 5.38. The maximum atomic E-state index is 12.0. The Labute approximate surface area is 108 Å². The molecule has 0 unspecified atom stereocenters. The topological polar surface area (TPSA) is 64.4 Å². The van der Waals surface area contributed by atoms with Gasteiger partial charge in [-0.1, -0.05) is 0 Å². The van der Waals surface area contributed by atoms with Crippen LogP contribution in [0.15, 0.2) is 12.4 Å². The van der Waals surface area contributed by atoms with Crippen LogP contribution in [0.3, 0.4) is 0 Å². The van der Waals surface area contributed by atoms with Crippen LogP contribution in [0.25, 0.3) is 0 Å². The van der Waals surface area contributed by atoms with Crippen LogP contribution in [0.2, 0.25) is 0 Å². The normalized spacial score (nSPS) is 21.6. The summed E-state index contributed by atoms with van der Waals surface area (Å²) in [7, 11) is -1.55. The lowest BCUT2D eigenvalue weighted by Crippen LogP contribution is -2.36. The third kappa shape index (κ3) is 2.73. The average Bonchev–Trinajstić information content (AvgIpc) is 2.68. The summed E-state index contributed by atoms with van der Waals surface area (Å²) >= 11 is 0. The van der Waals surface area contributed by atoms with Crippen LogP contribution in [0.1, 0.15) is 12.7 Å². The van der Waals surface area contributed by atoms with Gasteiger partial charge in [0.15, 0.2) is 0 Å². The molecule has 0 N–H and O–H groups in total. The van der Waals surface area contributed by atoms with Gasteiger partial charge in [0.05, 0.1) is 18.9 Å². The Balaban J connectivity index is 2.28. The average molecular weight is 273 g/mol. The number of aromatic nitrogens is 2. The fourth-order valence-corrected chi connectivity index (χ4v) is 3.35. The quantitative estimate of drug-likeness (QED) is 0.792. The zero-order valence-electron chi connectivity index (χ0n) is 10.7. The highest BCUT2D eigenvalue weighted by molar-refractivity contribution is 7.89. The zero-order chi connectivity index (χ0) is 13.2. The van der Waals surface area contributed by atoms with E-state index < -0.39 is 10.0 Å². The molecule has 1 aliphatic heterocycles. The number of nitrogens with zero attached hydrogens (tertiary/aromatic N) is 3. The largest absolute Gasteiger partial charge is 0.384 e. The molecule has 1 aromatic heterocycles. The third-order valence-corrected chi connectivity index (χ3v) is 4.99. The fraction of sp³-hybridized carbons (Fsp3) is 0.727. The molecule has 0 bridgehead atoms. The van der Waals surface area contributed by atoms with Gasteiger partial charge < -0.3 is 9.30 Å². The first-order chi connectivity index (χ1) is 8.56. The Morgan fingerprint density at radius 3 is 2.94 bits per heavy atom. The van der Waals surface area contributed by atoms with Crippen molar-refractivity contribution in [1.82, 2.24) is 13.9 Å². The van der Waals surface area contributed by atoms with Gasteiger partial charge in [0.1, 0.15) is 5.82 Å². The van der Waals surface area contributed by atoms with Gasteiger partial charge in [0.2, 0.25) is 10.0 Å². The third-order valence-electron chi connectivity index (χ3n) is 3.20. The van der Waals surface area contributed by atoms with E-state index in [1.165, 1.54) is 4.31 Å². The summed E-state index contributed by atoms with van der Waals surface area (Å²) in [6.07, 6.45) is 3.60. The van der Waals surface area contributed by atoms with Crippen molar-refractivity contribution in [3.63, 3.8) is 0 Å². The molecule has 1 atom stereocenters. The Morgan fingerprint density at radius 1 is 1.50 bits per heavy atom. The molecule has 0 amide bonds. The lowest BCUT2D eigenvalue weighted by atomic mass is 10.1. The summed E-state index contributed by atoms with van der Waals surface area (Å²) < 4.78 is 32.8. The molecule has 0 aromatic carbocycles. The number of sulfonamides is 1. The molecule has 2 heterocycles. The fourth-order valence-electron chi connectivity index (χ4n) is 2.24. The summed E-state index contributed by atoms with van der Waals surface area (Å²) in [6, 6.07) is 0. The van der Waals surface area contributed by atoms with Gasteiger partial charge in [-0.15, -0.1) is 0 Å². The predicted octanol–water partition coefficient (Wildman–Crippen LogP) is 0.311. The monoisotopic (exact) mass is 273 g/mol. The molecule has 7 heteroatoms. The maximum absolute atomic E-state index is 12.0. The second-order valence-corrected chi connectivity index (χ2v) is 6.77. The Hall–Kier alpha value is -0.920. The zero-order valence-corrected chi connectivity index (χ0v) is 11.6. The van der Waals surface area contributed by atoms with E-state index in [9.17, 15) is 8.42 Å². The smallest absolute Gasteiger partial charge is 0.214 e. The van der Waals surface area contributed by atoms with Crippen molar-refractivity contribution < 1.29 is 13.2 Å². The molecule has 0 fully saturated rings. The molecular formula is C11H19N3O3S. The summed E-state index contributed by atoms with van der Waals surface area (Å²) in [5.74, 6) is 1.07. The van der Waals surface area contributed by atoms with Gasteiger partial charge in [0, 0.05) is 38.5 Å². The number of hydrogen-bond donors (Lipinski definition) is 0. The minimum absolute atomic E-state index is 0.118. The number of fused-ring (bicyclic) bond motifs is 1. The van der Waals surface area contributed by atoms with E-state index in [2.05, 4.69) is 4.98 Å². The second-order valence-electron chi connectivity index (χ2n) is 4.51. The lowest BCUT2D eigenvalue weighted by Gasteiger charge is -2.22. The van der Waals surface area contributed by atoms with E-state index in [-0.39, 0.29) is 11.7 Å². The van der Waals surface area contributed by atoms with E-state index in [0.29, 0.717) is 19.7 Å². The number of ether oxygens (including phenoxy) is 1. The molecule has 0 spiro atoms. The number of rotatable bonds is 4. The molecule has 0 aliphatic carbocycles. The summed E-state index contributed by atoms with van der Waals surface area (Å²) in [5, 5.41) is 0. The molecule has 1 aromatic rings. The molecule has 0 saturated heterocycles. The molecule has 2 rings (SSSR count). The van der Waals surface area contributed by atoms with Gasteiger partial charge in [-0.05, 0) is 6.92 Å². The van der Waals surface area contributed by atoms with Gasteiger partial charge in [-0.25, -0.2) is 13.4 Å². The molecule has 0 radical (unpaired) electrons. The first-order valence-electron chi connectivity index (χ1n) is 6.03. The van der Waals surface area contributed by atoms with Crippen LogP contribution >= 0.6 is 0 Å². The number of imidazole rings is 1. The summed E-state index contributed by atoms with van der Waals surface area (Å²) in [5.41, 5.74) is 0. The molecule has 102 valence electrons. The Bertz CT molecular complexity index is 497.